The van der Waals surface area contributed by atoms with Crippen LogP contribution < -0.4 is 5.32 Å². The van der Waals surface area contributed by atoms with E-state index in [2.05, 4.69) is 15.5 Å². The summed E-state index contributed by atoms with van der Waals surface area (Å²) in [6.07, 6.45) is 2.24. The first kappa shape index (κ1) is 15.7. The van der Waals surface area contributed by atoms with Gasteiger partial charge in [0.2, 0.25) is 0 Å². The predicted octanol–water partition coefficient (Wildman–Crippen LogP) is 3.43. The number of aromatic nitrogens is 2. The van der Waals surface area contributed by atoms with Crippen molar-refractivity contribution in [2.45, 2.75) is 31.4 Å². The van der Waals surface area contributed by atoms with Crippen molar-refractivity contribution in [1.29, 1.82) is 0 Å². The zero-order chi connectivity index (χ0) is 17.4. The minimum absolute atomic E-state index is 0.213. The fraction of sp³-hybridized carbons (Fsp3) is 0.250. The molecule has 126 valence electrons. The Hall–Kier alpha value is -2.79. The number of nitrogens with zero attached hydrogens (tertiary/aromatic N) is 2. The summed E-state index contributed by atoms with van der Waals surface area (Å²) in [6, 6.07) is 15.5. The van der Waals surface area contributed by atoms with Crippen molar-refractivity contribution in [1.82, 2.24) is 10.2 Å². The lowest BCUT2D eigenvalue weighted by Gasteiger charge is -2.41. The number of carbonyl (C=O) groups is 1. The zero-order valence-corrected chi connectivity index (χ0v) is 13.9. The molecule has 0 unspecified atom stereocenters. The molecule has 0 amide bonds. The Kier molecular flexibility index (Phi) is 3.73. The van der Waals surface area contributed by atoms with Gasteiger partial charge < -0.3 is 10.4 Å². The number of fused-ring (bicyclic) bond motifs is 1. The van der Waals surface area contributed by atoms with Gasteiger partial charge in [0, 0.05) is 27.9 Å². The van der Waals surface area contributed by atoms with Crippen LogP contribution in [0.4, 0.5) is 5.82 Å². The van der Waals surface area contributed by atoms with Crippen LogP contribution >= 0.6 is 0 Å². The number of aliphatic hydroxyl groups is 1. The van der Waals surface area contributed by atoms with E-state index in [9.17, 15) is 9.90 Å². The summed E-state index contributed by atoms with van der Waals surface area (Å²) in [5.74, 6) is 0.740. The number of hydrogen-bond donors (Lipinski definition) is 2. The molecular formula is C20H19N3O2. The van der Waals surface area contributed by atoms with E-state index in [-0.39, 0.29) is 6.04 Å². The summed E-state index contributed by atoms with van der Waals surface area (Å²) in [5, 5.41) is 24.1. The summed E-state index contributed by atoms with van der Waals surface area (Å²) < 4.78 is 0. The molecule has 1 saturated carbocycles. The number of benzene rings is 2. The van der Waals surface area contributed by atoms with Crippen LogP contribution in [0.3, 0.4) is 0 Å². The largest absolute Gasteiger partial charge is 0.390 e. The van der Waals surface area contributed by atoms with Gasteiger partial charge in [-0.2, -0.15) is 0 Å². The van der Waals surface area contributed by atoms with E-state index in [1.54, 1.807) is 12.1 Å². The van der Waals surface area contributed by atoms with Crippen molar-refractivity contribution >= 4 is 22.9 Å². The number of carbonyl (C=O) groups excluding carboxylic acids is 1. The van der Waals surface area contributed by atoms with Crippen LogP contribution in [0.2, 0.25) is 0 Å². The van der Waals surface area contributed by atoms with Crippen LogP contribution in [0.5, 0.6) is 0 Å². The van der Waals surface area contributed by atoms with Crippen molar-refractivity contribution in [3.8, 4) is 11.3 Å². The molecule has 5 nitrogen and oxygen atoms in total. The van der Waals surface area contributed by atoms with Gasteiger partial charge in [0.1, 0.15) is 12.0 Å². The zero-order valence-electron chi connectivity index (χ0n) is 13.9. The molecule has 3 aromatic rings. The average Bonchev–Trinajstić information content (AvgIpc) is 2.60. The van der Waals surface area contributed by atoms with E-state index in [4.69, 9.17) is 0 Å². The second-order valence-corrected chi connectivity index (χ2v) is 6.93. The van der Waals surface area contributed by atoms with Gasteiger partial charge in [-0.1, -0.05) is 48.5 Å². The molecule has 0 atom stereocenters. The van der Waals surface area contributed by atoms with Crippen LogP contribution in [-0.4, -0.2) is 33.2 Å². The molecule has 1 heterocycles. The number of aldehydes is 1. The number of nitrogens with one attached hydrogen (secondary N) is 1. The van der Waals surface area contributed by atoms with Gasteiger partial charge in [0.25, 0.3) is 0 Å². The van der Waals surface area contributed by atoms with Gasteiger partial charge in [0.05, 0.1) is 5.60 Å². The van der Waals surface area contributed by atoms with Crippen LogP contribution in [0.25, 0.3) is 22.0 Å². The SMILES string of the molecule is CC1(O)CC(Nc2nnc(-c3ccc(C=O)cc3)c3ccccc23)C1. The smallest absolute Gasteiger partial charge is 0.156 e. The van der Waals surface area contributed by atoms with Crippen LogP contribution in [0.1, 0.15) is 30.1 Å². The first-order valence-electron chi connectivity index (χ1n) is 8.36. The Morgan fingerprint density at radius 2 is 1.76 bits per heavy atom. The number of rotatable bonds is 4. The first-order valence-corrected chi connectivity index (χ1v) is 8.36. The van der Waals surface area contributed by atoms with Gasteiger partial charge in [-0.3, -0.25) is 4.79 Å². The Balaban J connectivity index is 1.72. The second kappa shape index (κ2) is 5.93. The molecule has 0 saturated heterocycles. The summed E-state index contributed by atoms with van der Waals surface area (Å²) in [7, 11) is 0. The third-order valence-corrected chi connectivity index (χ3v) is 4.72. The number of hydrogen-bond acceptors (Lipinski definition) is 5. The summed E-state index contributed by atoms with van der Waals surface area (Å²) in [6.45, 7) is 1.85. The lowest BCUT2D eigenvalue weighted by atomic mass is 9.77. The Morgan fingerprint density at radius 3 is 2.40 bits per heavy atom. The fourth-order valence-corrected chi connectivity index (χ4v) is 3.44. The average molecular weight is 333 g/mol. The molecule has 1 aliphatic carbocycles. The van der Waals surface area contributed by atoms with Gasteiger partial charge >= 0.3 is 0 Å². The summed E-state index contributed by atoms with van der Waals surface area (Å²) in [5.41, 5.74) is 1.77. The monoisotopic (exact) mass is 333 g/mol. The molecule has 5 heteroatoms. The molecule has 0 bridgehead atoms. The maximum atomic E-state index is 10.8. The van der Waals surface area contributed by atoms with E-state index in [0.717, 1.165) is 34.1 Å². The van der Waals surface area contributed by atoms with Gasteiger partial charge in [-0.25, -0.2) is 0 Å². The van der Waals surface area contributed by atoms with E-state index in [1.807, 2.05) is 43.3 Å². The molecule has 1 aliphatic rings. The molecule has 25 heavy (non-hydrogen) atoms. The van der Waals surface area contributed by atoms with Crippen LogP contribution in [-0.2, 0) is 0 Å². The lowest BCUT2D eigenvalue weighted by Crippen LogP contribution is -2.48. The quantitative estimate of drug-likeness (QED) is 0.716. The highest BCUT2D eigenvalue weighted by Gasteiger charge is 2.38. The summed E-state index contributed by atoms with van der Waals surface area (Å²) >= 11 is 0. The molecule has 0 aliphatic heterocycles. The topological polar surface area (TPSA) is 75.1 Å². The van der Waals surface area contributed by atoms with Crippen molar-refractivity contribution in [3.63, 3.8) is 0 Å². The maximum Gasteiger partial charge on any atom is 0.156 e. The van der Waals surface area contributed by atoms with E-state index in [1.165, 1.54) is 0 Å². The third kappa shape index (κ3) is 2.98. The highest BCUT2D eigenvalue weighted by atomic mass is 16.3. The van der Waals surface area contributed by atoms with Crippen molar-refractivity contribution in [3.05, 3.63) is 54.1 Å². The van der Waals surface area contributed by atoms with E-state index < -0.39 is 5.60 Å². The van der Waals surface area contributed by atoms with Crippen molar-refractivity contribution < 1.29 is 9.90 Å². The van der Waals surface area contributed by atoms with E-state index >= 15 is 0 Å². The lowest BCUT2D eigenvalue weighted by molar-refractivity contribution is -0.0235. The second-order valence-electron chi connectivity index (χ2n) is 6.93. The minimum Gasteiger partial charge on any atom is -0.390 e. The Labute approximate surface area is 145 Å². The highest BCUT2D eigenvalue weighted by molar-refractivity contribution is 6.00. The molecule has 2 N–H and O–H groups in total. The predicted molar refractivity (Wildman–Crippen MR) is 97.6 cm³/mol. The molecule has 1 aromatic heterocycles. The molecule has 0 radical (unpaired) electrons. The van der Waals surface area contributed by atoms with E-state index in [0.29, 0.717) is 18.4 Å². The Morgan fingerprint density at radius 1 is 1.08 bits per heavy atom. The van der Waals surface area contributed by atoms with Gasteiger partial charge in [-0.15, -0.1) is 10.2 Å². The fourth-order valence-electron chi connectivity index (χ4n) is 3.44. The van der Waals surface area contributed by atoms with Crippen LogP contribution in [0, 0.1) is 0 Å². The van der Waals surface area contributed by atoms with Crippen molar-refractivity contribution in [2.24, 2.45) is 0 Å². The molecular weight excluding hydrogens is 314 g/mol. The Bertz CT molecular complexity index is 927. The molecule has 4 rings (SSSR count). The standard InChI is InChI=1S/C20H19N3O2/c1-20(25)10-15(11-20)21-19-17-5-3-2-4-16(17)18(22-23-19)14-8-6-13(12-24)7-9-14/h2-9,12,15,25H,10-11H2,1H3,(H,21,23). The van der Waals surface area contributed by atoms with Crippen LogP contribution in [0.15, 0.2) is 48.5 Å². The first-order chi connectivity index (χ1) is 12.1. The molecule has 0 spiro atoms. The van der Waals surface area contributed by atoms with Crippen molar-refractivity contribution in [2.75, 3.05) is 5.32 Å². The minimum atomic E-state index is -0.582. The number of anilines is 1. The van der Waals surface area contributed by atoms with Gasteiger partial charge in [0.15, 0.2) is 5.82 Å². The molecule has 2 aromatic carbocycles. The van der Waals surface area contributed by atoms with Gasteiger partial charge in [-0.05, 0) is 19.8 Å². The third-order valence-electron chi connectivity index (χ3n) is 4.72. The summed E-state index contributed by atoms with van der Waals surface area (Å²) in [4.78, 5) is 10.8. The molecule has 1 fully saturated rings. The highest BCUT2D eigenvalue weighted by Crippen LogP contribution is 2.36. The normalized spacial score (nSPS) is 22.4. The maximum absolute atomic E-state index is 10.8.